The Labute approximate surface area is 82.5 Å². The van der Waals surface area contributed by atoms with Crippen LogP contribution in [-0.2, 0) is 0 Å². The Morgan fingerprint density at radius 2 is 2.00 bits per heavy atom. The maximum absolute atomic E-state index is 8.54. The highest BCUT2D eigenvalue weighted by Crippen LogP contribution is 2.09. The quantitative estimate of drug-likeness (QED) is 0.567. The summed E-state index contributed by atoms with van der Waals surface area (Å²) in [6, 6.07) is 2.24. The van der Waals surface area contributed by atoms with Crippen molar-refractivity contribution in [2.24, 2.45) is 11.8 Å². The van der Waals surface area contributed by atoms with Gasteiger partial charge in [-0.2, -0.15) is 5.26 Å². The van der Waals surface area contributed by atoms with Crippen molar-refractivity contribution >= 4 is 0 Å². The highest BCUT2D eigenvalue weighted by molar-refractivity contribution is 4.86. The minimum absolute atomic E-state index is 0.202. The minimum atomic E-state index is 0.202. The van der Waals surface area contributed by atoms with E-state index in [0.717, 1.165) is 18.8 Å². The Bertz CT molecular complexity index is 176. The summed E-state index contributed by atoms with van der Waals surface area (Å²) in [5.41, 5.74) is 0. The smallest absolute Gasteiger partial charge is 0.0652 e. The lowest BCUT2D eigenvalue weighted by molar-refractivity contribution is 0.570. The van der Waals surface area contributed by atoms with Crippen LogP contribution in [0.15, 0.2) is 12.2 Å². The molecular weight excluding hydrogens is 158 g/mol. The highest BCUT2D eigenvalue weighted by atomic mass is 14.2. The number of nitriles is 1. The van der Waals surface area contributed by atoms with Gasteiger partial charge in [-0.05, 0) is 32.1 Å². The molecule has 1 heteroatoms. The third kappa shape index (κ3) is 7.59. The molecule has 0 aromatic rings. The first kappa shape index (κ1) is 12.2. The van der Waals surface area contributed by atoms with Gasteiger partial charge in [0.25, 0.3) is 0 Å². The first-order valence-corrected chi connectivity index (χ1v) is 5.25. The summed E-state index contributed by atoms with van der Waals surface area (Å²) in [5, 5.41) is 8.54. The van der Waals surface area contributed by atoms with Gasteiger partial charge in [0, 0.05) is 5.92 Å². The van der Waals surface area contributed by atoms with E-state index in [2.05, 4.69) is 32.1 Å². The fraction of sp³-hybridized carbons (Fsp3) is 0.750. The van der Waals surface area contributed by atoms with Gasteiger partial charge >= 0.3 is 0 Å². The van der Waals surface area contributed by atoms with Gasteiger partial charge in [0.2, 0.25) is 0 Å². The molecule has 0 aliphatic rings. The number of rotatable bonds is 6. The van der Waals surface area contributed by atoms with Crippen molar-refractivity contribution < 1.29 is 0 Å². The fourth-order valence-electron chi connectivity index (χ4n) is 1.02. The van der Waals surface area contributed by atoms with Crippen molar-refractivity contribution in [1.82, 2.24) is 0 Å². The predicted octanol–water partition coefficient (Wildman–Crippen LogP) is 3.92. The molecule has 0 saturated heterocycles. The van der Waals surface area contributed by atoms with Crippen molar-refractivity contribution in [3.63, 3.8) is 0 Å². The maximum Gasteiger partial charge on any atom is 0.0652 e. The first-order chi connectivity index (χ1) is 6.20. The monoisotopic (exact) mass is 179 g/mol. The van der Waals surface area contributed by atoms with Crippen LogP contribution in [0, 0.1) is 23.2 Å². The summed E-state index contributed by atoms with van der Waals surface area (Å²) in [6.07, 6.45) is 8.92. The Kier molecular flexibility index (Phi) is 7.39. The predicted molar refractivity (Wildman–Crippen MR) is 57.2 cm³/mol. The summed E-state index contributed by atoms with van der Waals surface area (Å²) in [4.78, 5) is 0. The van der Waals surface area contributed by atoms with Crippen molar-refractivity contribution in [3.05, 3.63) is 12.2 Å². The number of allylic oxidation sites excluding steroid dienone is 2. The molecule has 13 heavy (non-hydrogen) atoms. The van der Waals surface area contributed by atoms with Gasteiger partial charge in [-0.3, -0.25) is 0 Å². The van der Waals surface area contributed by atoms with Crippen LogP contribution in [0.25, 0.3) is 0 Å². The van der Waals surface area contributed by atoms with Crippen molar-refractivity contribution in [2.45, 2.75) is 46.5 Å². The van der Waals surface area contributed by atoms with E-state index in [9.17, 15) is 0 Å². The number of hydrogen-bond donors (Lipinski definition) is 0. The van der Waals surface area contributed by atoms with E-state index in [1.165, 1.54) is 12.8 Å². The van der Waals surface area contributed by atoms with Crippen LogP contribution in [0.2, 0.25) is 0 Å². The van der Waals surface area contributed by atoms with E-state index >= 15 is 0 Å². The molecule has 0 aromatic heterocycles. The van der Waals surface area contributed by atoms with Crippen LogP contribution < -0.4 is 0 Å². The zero-order valence-electron chi connectivity index (χ0n) is 9.09. The van der Waals surface area contributed by atoms with E-state index < -0.39 is 0 Å². The van der Waals surface area contributed by atoms with Gasteiger partial charge in [-0.1, -0.05) is 32.4 Å². The van der Waals surface area contributed by atoms with E-state index in [-0.39, 0.29) is 5.92 Å². The van der Waals surface area contributed by atoms with Crippen LogP contribution in [0.4, 0.5) is 0 Å². The molecule has 0 heterocycles. The van der Waals surface area contributed by atoms with E-state index in [4.69, 9.17) is 5.26 Å². The normalized spacial score (nSPS) is 15.5. The lowest BCUT2D eigenvalue weighted by atomic mass is 10.0. The molecule has 0 saturated carbocycles. The third-order valence-corrected chi connectivity index (χ3v) is 2.39. The molecule has 0 amide bonds. The molecule has 0 N–H and O–H groups in total. The minimum Gasteiger partial charge on any atom is -0.198 e. The summed E-state index contributed by atoms with van der Waals surface area (Å²) in [5.74, 6) is 0.998. The summed E-state index contributed by atoms with van der Waals surface area (Å²) in [7, 11) is 0. The van der Waals surface area contributed by atoms with Crippen LogP contribution in [-0.4, -0.2) is 0 Å². The van der Waals surface area contributed by atoms with Crippen molar-refractivity contribution in [2.75, 3.05) is 0 Å². The van der Waals surface area contributed by atoms with Crippen LogP contribution in [0.3, 0.4) is 0 Å². The van der Waals surface area contributed by atoms with Gasteiger partial charge in [0.1, 0.15) is 0 Å². The van der Waals surface area contributed by atoms with Gasteiger partial charge in [0.15, 0.2) is 0 Å². The fourth-order valence-corrected chi connectivity index (χ4v) is 1.02. The topological polar surface area (TPSA) is 23.8 Å². The summed E-state index contributed by atoms with van der Waals surface area (Å²) >= 11 is 0. The summed E-state index contributed by atoms with van der Waals surface area (Å²) < 4.78 is 0. The lowest BCUT2D eigenvalue weighted by Gasteiger charge is -2.02. The second-order valence-corrected chi connectivity index (χ2v) is 3.83. The second-order valence-electron chi connectivity index (χ2n) is 3.83. The number of nitrogens with zero attached hydrogens (tertiary/aromatic N) is 1. The van der Waals surface area contributed by atoms with Crippen LogP contribution in [0.5, 0.6) is 0 Å². The van der Waals surface area contributed by atoms with Crippen molar-refractivity contribution in [3.8, 4) is 6.07 Å². The van der Waals surface area contributed by atoms with Gasteiger partial charge in [-0.15, -0.1) is 0 Å². The molecule has 2 atom stereocenters. The third-order valence-electron chi connectivity index (χ3n) is 2.39. The SMILES string of the molecule is CCC(C)C/C=C/CCC(C)C#N. The van der Waals surface area contributed by atoms with Gasteiger partial charge < -0.3 is 0 Å². The molecule has 0 bridgehead atoms. The van der Waals surface area contributed by atoms with E-state index in [0.29, 0.717) is 0 Å². The zero-order valence-corrected chi connectivity index (χ0v) is 9.09. The maximum atomic E-state index is 8.54. The van der Waals surface area contributed by atoms with Crippen molar-refractivity contribution in [1.29, 1.82) is 5.26 Å². The van der Waals surface area contributed by atoms with Gasteiger partial charge in [-0.25, -0.2) is 0 Å². The van der Waals surface area contributed by atoms with Gasteiger partial charge in [0.05, 0.1) is 6.07 Å². The lowest BCUT2D eigenvalue weighted by Crippen LogP contribution is -1.89. The standard InChI is InChI=1S/C12H21N/c1-4-11(2)8-6-5-7-9-12(3)10-13/h5-6,11-12H,4,7-9H2,1-3H3/b6-5+. The Morgan fingerprint density at radius 1 is 1.31 bits per heavy atom. The molecule has 0 fully saturated rings. The Balaban J connectivity index is 3.38. The molecule has 0 aromatic carbocycles. The Morgan fingerprint density at radius 3 is 2.54 bits per heavy atom. The highest BCUT2D eigenvalue weighted by Gasteiger charge is 1.96. The molecule has 0 aliphatic carbocycles. The molecule has 0 spiro atoms. The molecule has 2 unspecified atom stereocenters. The van der Waals surface area contributed by atoms with E-state index in [1.54, 1.807) is 0 Å². The van der Waals surface area contributed by atoms with Crippen LogP contribution >= 0.6 is 0 Å². The molecule has 0 aliphatic heterocycles. The van der Waals surface area contributed by atoms with Crippen LogP contribution in [0.1, 0.15) is 46.5 Å². The second kappa shape index (κ2) is 7.86. The largest absolute Gasteiger partial charge is 0.198 e. The molecule has 1 nitrogen and oxygen atoms in total. The first-order valence-electron chi connectivity index (χ1n) is 5.25. The number of hydrogen-bond acceptors (Lipinski definition) is 1. The average molecular weight is 179 g/mol. The van der Waals surface area contributed by atoms with E-state index in [1.807, 2.05) is 6.92 Å². The molecule has 74 valence electrons. The Hall–Kier alpha value is -0.770. The molecule has 0 rings (SSSR count). The molecule has 0 radical (unpaired) electrons. The zero-order chi connectivity index (χ0) is 10.1. The molecular formula is C12H21N. The summed E-state index contributed by atoms with van der Waals surface area (Å²) in [6.45, 7) is 6.46. The average Bonchev–Trinajstić information content (AvgIpc) is 2.16.